The van der Waals surface area contributed by atoms with Gasteiger partial charge in [-0.25, -0.2) is 9.59 Å². The summed E-state index contributed by atoms with van der Waals surface area (Å²) < 4.78 is 5.88. The minimum Gasteiger partial charge on any atom is -0.466 e. The van der Waals surface area contributed by atoms with Crippen molar-refractivity contribution < 1.29 is 14.3 Å². The smallest absolute Gasteiger partial charge is 0.338 e. The van der Waals surface area contributed by atoms with Crippen molar-refractivity contribution >= 4 is 35.1 Å². The summed E-state index contributed by atoms with van der Waals surface area (Å²) in [5.74, 6) is 0.0229. The summed E-state index contributed by atoms with van der Waals surface area (Å²) in [7, 11) is 1.37. The van der Waals surface area contributed by atoms with Crippen molar-refractivity contribution in [1.29, 1.82) is 0 Å². The van der Waals surface area contributed by atoms with Gasteiger partial charge in [-0.3, -0.25) is 4.90 Å². The molecule has 2 aromatic rings. The van der Waals surface area contributed by atoms with E-state index in [4.69, 9.17) is 4.74 Å². The minimum atomic E-state index is -0.536. The van der Waals surface area contributed by atoms with E-state index in [-0.39, 0.29) is 12.1 Å². The molecular weight excluding hydrogens is 384 g/mol. The fraction of sp³-hybridized carbons (Fsp3) is 0.333. The van der Waals surface area contributed by atoms with Gasteiger partial charge in [-0.2, -0.15) is 0 Å². The molecule has 1 unspecified atom stereocenters. The van der Waals surface area contributed by atoms with Crippen LogP contribution in [0.1, 0.15) is 24.4 Å². The lowest BCUT2D eigenvalue weighted by Gasteiger charge is -2.36. The van der Waals surface area contributed by atoms with Crippen molar-refractivity contribution in [2.45, 2.75) is 29.3 Å². The Morgan fingerprint density at radius 3 is 2.78 bits per heavy atom. The van der Waals surface area contributed by atoms with Crippen LogP contribution in [0.25, 0.3) is 0 Å². The number of esters is 1. The zero-order valence-electron chi connectivity index (χ0n) is 14.6. The van der Waals surface area contributed by atoms with E-state index in [1.165, 1.54) is 30.2 Å². The number of hydrogen-bond donors (Lipinski definition) is 1. The molecule has 0 saturated heterocycles. The molecule has 1 aromatic carbocycles. The van der Waals surface area contributed by atoms with Crippen LogP contribution in [0.2, 0.25) is 0 Å². The number of hydrogen-bond acceptors (Lipinski definition) is 7. The van der Waals surface area contributed by atoms with E-state index >= 15 is 0 Å². The summed E-state index contributed by atoms with van der Waals surface area (Å²) in [4.78, 5) is 27.3. The first-order valence-corrected chi connectivity index (χ1v) is 10.4. The van der Waals surface area contributed by atoms with Crippen molar-refractivity contribution in [3.8, 4) is 0 Å². The van der Waals surface area contributed by atoms with Crippen LogP contribution in [0.3, 0.4) is 0 Å². The van der Waals surface area contributed by atoms with Gasteiger partial charge in [0, 0.05) is 17.5 Å². The Morgan fingerprint density at radius 2 is 2.15 bits per heavy atom. The lowest BCUT2D eigenvalue weighted by atomic mass is 9.95. The maximum absolute atomic E-state index is 12.9. The molecule has 0 spiro atoms. The number of methoxy groups -OCH3 is 1. The third-order valence-corrected chi connectivity index (χ3v) is 6.37. The average Bonchev–Trinajstić information content (AvgIpc) is 3.39. The molecule has 1 aliphatic carbocycles. The standard InChI is InChI=1S/C18H18N4O3S2/c1-25-16(23)14-13(9-26-18-21-19-10-27-18)22(12-7-8-12)17(24)20-15(14)11-5-3-2-4-6-11/h2-6,10,12,15H,7-9H2,1H3,(H,20,24). The fourth-order valence-electron chi connectivity index (χ4n) is 3.15. The Bertz CT molecular complexity index is 866. The number of aromatic nitrogens is 2. The molecule has 9 heteroatoms. The van der Waals surface area contributed by atoms with Crippen molar-refractivity contribution in [3.63, 3.8) is 0 Å². The third kappa shape index (κ3) is 3.70. The van der Waals surface area contributed by atoms with Crippen LogP contribution in [-0.4, -0.2) is 46.0 Å². The predicted octanol–water partition coefficient (Wildman–Crippen LogP) is 2.99. The van der Waals surface area contributed by atoms with E-state index < -0.39 is 12.0 Å². The molecule has 1 saturated carbocycles. The molecule has 27 heavy (non-hydrogen) atoms. The normalized spacial score (nSPS) is 19.8. The summed E-state index contributed by atoms with van der Waals surface area (Å²) in [6.45, 7) is 0. The second-order valence-electron chi connectivity index (χ2n) is 6.24. The Balaban J connectivity index is 1.78. The van der Waals surface area contributed by atoms with E-state index in [1.807, 2.05) is 30.3 Å². The lowest BCUT2D eigenvalue weighted by molar-refractivity contribution is -0.136. The Kier molecular flexibility index (Phi) is 5.13. The van der Waals surface area contributed by atoms with Crippen LogP contribution >= 0.6 is 23.1 Å². The van der Waals surface area contributed by atoms with Gasteiger partial charge >= 0.3 is 12.0 Å². The Morgan fingerprint density at radius 1 is 1.37 bits per heavy atom. The fourth-order valence-corrected chi connectivity index (χ4v) is 4.66. The van der Waals surface area contributed by atoms with Crippen molar-refractivity contribution in [3.05, 3.63) is 52.7 Å². The molecule has 1 N–H and O–H groups in total. The van der Waals surface area contributed by atoms with E-state index in [1.54, 1.807) is 10.4 Å². The maximum Gasteiger partial charge on any atom is 0.338 e. The van der Waals surface area contributed by atoms with Gasteiger partial charge in [0.1, 0.15) is 5.51 Å². The zero-order chi connectivity index (χ0) is 18.8. The van der Waals surface area contributed by atoms with Crippen molar-refractivity contribution in [1.82, 2.24) is 20.4 Å². The molecule has 2 amide bonds. The molecule has 2 heterocycles. The largest absolute Gasteiger partial charge is 0.466 e. The first-order chi connectivity index (χ1) is 13.2. The number of nitrogens with zero attached hydrogens (tertiary/aromatic N) is 3. The highest BCUT2D eigenvalue weighted by Gasteiger charge is 2.43. The number of ether oxygens (including phenoxy) is 1. The topological polar surface area (TPSA) is 84.4 Å². The van der Waals surface area contributed by atoms with Gasteiger partial charge in [0.15, 0.2) is 4.34 Å². The summed E-state index contributed by atoms with van der Waals surface area (Å²) in [5.41, 5.74) is 3.69. The highest BCUT2D eigenvalue weighted by Crippen LogP contribution is 2.40. The van der Waals surface area contributed by atoms with Gasteiger partial charge in [0.05, 0.1) is 18.7 Å². The number of rotatable bonds is 6. The second kappa shape index (κ2) is 7.69. The van der Waals surface area contributed by atoms with Gasteiger partial charge in [-0.1, -0.05) is 53.4 Å². The second-order valence-corrected chi connectivity index (χ2v) is 8.30. The van der Waals surface area contributed by atoms with E-state index in [0.717, 1.165) is 22.7 Å². The zero-order valence-corrected chi connectivity index (χ0v) is 16.3. The molecular formula is C18H18N4O3S2. The van der Waals surface area contributed by atoms with Crippen molar-refractivity contribution in [2.24, 2.45) is 0 Å². The molecule has 1 aliphatic heterocycles. The first kappa shape index (κ1) is 18.0. The van der Waals surface area contributed by atoms with Crippen LogP contribution < -0.4 is 5.32 Å². The molecule has 1 fully saturated rings. The van der Waals surface area contributed by atoms with Gasteiger partial charge in [-0.15, -0.1) is 10.2 Å². The Labute approximate surface area is 164 Å². The van der Waals surface area contributed by atoms with Gasteiger partial charge < -0.3 is 10.1 Å². The van der Waals surface area contributed by atoms with Crippen LogP contribution in [0.5, 0.6) is 0 Å². The SMILES string of the molecule is COC(=O)C1=C(CSc2nncs2)N(C2CC2)C(=O)NC1c1ccccc1. The monoisotopic (exact) mass is 402 g/mol. The number of urea groups is 1. The highest BCUT2D eigenvalue weighted by atomic mass is 32.2. The molecule has 1 aromatic heterocycles. The Hall–Kier alpha value is -2.39. The summed E-state index contributed by atoms with van der Waals surface area (Å²) in [6, 6.07) is 8.90. The lowest BCUT2D eigenvalue weighted by Crippen LogP contribution is -2.50. The summed E-state index contributed by atoms with van der Waals surface area (Å²) in [6.07, 6.45) is 1.87. The van der Waals surface area contributed by atoms with Gasteiger partial charge in [-0.05, 0) is 18.4 Å². The number of thioether (sulfide) groups is 1. The summed E-state index contributed by atoms with van der Waals surface area (Å²) in [5, 5.41) is 10.9. The van der Waals surface area contributed by atoms with Gasteiger partial charge in [0.25, 0.3) is 0 Å². The first-order valence-electron chi connectivity index (χ1n) is 8.54. The van der Waals surface area contributed by atoms with E-state index in [9.17, 15) is 9.59 Å². The molecule has 0 bridgehead atoms. The third-order valence-electron chi connectivity index (χ3n) is 4.50. The maximum atomic E-state index is 12.9. The minimum absolute atomic E-state index is 0.131. The van der Waals surface area contributed by atoms with Gasteiger partial charge in [0.2, 0.25) is 0 Å². The van der Waals surface area contributed by atoms with Crippen LogP contribution in [0.4, 0.5) is 4.79 Å². The highest BCUT2D eigenvalue weighted by molar-refractivity contribution is 8.01. The number of nitrogens with one attached hydrogen (secondary N) is 1. The molecule has 4 rings (SSSR count). The molecule has 2 aliphatic rings. The number of benzene rings is 1. The van der Waals surface area contributed by atoms with Crippen LogP contribution in [0.15, 0.2) is 51.5 Å². The van der Waals surface area contributed by atoms with E-state index in [0.29, 0.717) is 17.0 Å². The number of carbonyl (C=O) groups is 2. The molecule has 0 radical (unpaired) electrons. The van der Waals surface area contributed by atoms with Crippen LogP contribution in [0, 0.1) is 0 Å². The quantitative estimate of drug-likeness (QED) is 0.591. The average molecular weight is 403 g/mol. The van der Waals surface area contributed by atoms with Crippen molar-refractivity contribution in [2.75, 3.05) is 12.9 Å². The number of carbonyl (C=O) groups excluding carboxylic acids is 2. The number of amides is 2. The molecule has 7 nitrogen and oxygen atoms in total. The van der Waals surface area contributed by atoms with E-state index in [2.05, 4.69) is 15.5 Å². The predicted molar refractivity (Wildman–Crippen MR) is 102 cm³/mol. The molecule has 140 valence electrons. The molecule has 1 atom stereocenters. The van der Waals surface area contributed by atoms with Crippen LogP contribution in [-0.2, 0) is 9.53 Å². The summed E-state index contributed by atoms with van der Waals surface area (Å²) >= 11 is 2.90.